The van der Waals surface area contributed by atoms with E-state index in [1.54, 1.807) is 55.0 Å². The maximum absolute atomic E-state index is 9.42. The van der Waals surface area contributed by atoms with E-state index in [0.29, 0.717) is 51.4 Å². The molecule has 0 bridgehead atoms. The summed E-state index contributed by atoms with van der Waals surface area (Å²) in [6.45, 7) is 7.40. The third kappa shape index (κ3) is 6.09. The van der Waals surface area contributed by atoms with Crippen LogP contribution in [0.1, 0.15) is 11.1 Å². The average molecular weight is 616 g/mol. The number of nitriles is 2. The van der Waals surface area contributed by atoms with Crippen LogP contribution in [0.5, 0.6) is 0 Å². The molecule has 0 saturated carbocycles. The smallest absolute Gasteiger partial charge is 0.190 e. The topological polar surface area (TPSA) is 129 Å². The first-order valence-corrected chi connectivity index (χ1v) is 14.7. The zero-order chi connectivity index (χ0) is 32.9. The molecule has 0 aliphatic rings. The van der Waals surface area contributed by atoms with Crippen molar-refractivity contribution in [1.29, 1.82) is 10.5 Å². The lowest BCUT2D eigenvalue weighted by Crippen LogP contribution is -2.01. The molecule has 48 heavy (non-hydrogen) atoms. The molecule has 3 aromatic carbocycles. The fourth-order valence-electron chi connectivity index (χ4n) is 5.18. The molecular formula is C39H21N9. The minimum atomic E-state index is 0.446. The molecule has 0 spiro atoms. The highest BCUT2D eigenvalue weighted by molar-refractivity contribution is 5.75. The van der Waals surface area contributed by atoms with Gasteiger partial charge in [-0.3, -0.25) is 15.0 Å². The SMILES string of the molecule is [C-]#[N+]c1ccnc(-c2cccc(-c3nc(-c4cccc(-c5cc(C#N)ccn5)c4)nc(-c4cccc(-c5cc(C#N)ccn5)c4)n3)c2)c1. The third-order valence-corrected chi connectivity index (χ3v) is 7.54. The fourth-order valence-corrected chi connectivity index (χ4v) is 5.18. The fraction of sp³-hybridized carbons (Fsp3) is 0. The Hall–Kier alpha value is -7.41. The van der Waals surface area contributed by atoms with Crippen molar-refractivity contribution in [2.24, 2.45) is 0 Å². The standard InChI is InChI=1S/C39H21N9/c1-42-33-13-16-45-36(22-33)29-7-4-10-32(21-29)39-47-37(30-8-2-5-27(19-30)34-17-25(23-40)11-14-43-34)46-38(48-39)31-9-3-6-28(20-31)35-18-26(24-41)12-15-44-35/h2-22H. The molecule has 222 valence electrons. The van der Waals surface area contributed by atoms with Crippen LogP contribution in [0.2, 0.25) is 0 Å². The van der Waals surface area contributed by atoms with Gasteiger partial charge in [0.25, 0.3) is 0 Å². The number of nitrogens with zero attached hydrogens (tertiary/aromatic N) is 9. The van der Waals surface area contributed by atoms with Crippen LogP contribution < -0.4 is 0 Å². The lowest BCUT2D eigenvalue weighted by atomic mass is 10.0. The highest BCUT2D eigenvalue weighted by Gasteiger charge is 2.15. The van der Waals surface area contributed by atoms with Gasteiger partial charge in [0.15, 0.2) is 23.2 Å². The van der Waals surface area contributed by atoms with Crippen LogP contribution in [0, 0.1) is 29.2 Å². The third-order valence-electron chi connectivity index (χ3n) is 7.54. The molecule has 7 rings (SSSR count). The Bertz CT molecular complexity index is 2180. The van der Waals surface area contributed by atoms with Crippen LogP contribution in [0.3, 0.4) is 0 Å². The van der Waals surface area contributed by atoms with Crippen LogP contribution in [-0.2, 0) is 0 Å². The Morgan fingerprint density at radius 1 is 0.458 bits per heavy atom. The van der Waals surface area contributed by atoms with Crippen molar-refractivity contribution in [3.8, 4) is 80.1 Å². The molecule has 4 heterocycles. The average Bonchev–Trinajstić information content (AvgIpc) is 3.18. The maximum Gasteiger partial charge on any atom is 0.190 e. The van der Waals surface area contributed by atoms with Gasteiger partial charge in [-0.1, -0.05) is 54.6 Å². The van der Waals surface area contributed by atoms with E-state index in [2.05, 4.69) is 31.9 Å². The van der Waals surface area contributed by atoms with Crippen molar-refractivity contribution < 1.29 is 0 Å². The number of aromatic nitrogens is 6. The van der Waals surface area contributed by atoms with Crippen LogP contribution in [0.25, 0.3) is 72.8 Å². The van der Waals surface area contributed by atoms with Gasteiger partial charge < -0.3 is 0 Å². The molecule has 0 aliphatic carbocycles. The summed E-state index contributed by atoms with van der Waals surface area (Å²) in [6, 6.07) is 37.7. The molecular weight excluding hydrogens is 594 g/mol. The predicted molar refractivity (Wildman–Crippen MR) is 182 cm³/mol. The second-order valence-electron chi connectivity index (χ2n) is 10.6. The Labute approximate surface area is 276 Å². The van der Waals surface area contributed by atoms with Gasteiger partial charge in [-0.15, -0.1) is 0 Å². The number of hydrogen-bond acceptors (Lipinski definition) is 8. The minimum Gasteiger partial charge on any atom is -0.259 e. The number of pyridine rings is 3. The summed E-state index contributed by atoms with van der Waals surface area (Å²) in [5.41, 5.74) is 8.18. The van der Waals surface area contributed by atoms with Gasteiger partial charge in [0, 0.05) is 46.4 Å². The Balaban J connectivity index is 1.38. The molecule has 7 aromatic rings. The van der Waals surface area contributed by atoms with Gasteiger partial charge in [-0.25, -0.2) is 19.8 Å². The molecule has 0 radical (unpaired) electrons. The molecule has 0 fully saturated rings. The highest BCUT2D eigenvalue weighted by atomic mass is 15.0. The summed E-state index contributed by atoms with van der Waals surface area (Å²) in [5.74, 6) is 1.34. The predicted octanol–water partition coefficient (Wildman–Crippen LogP) is 8.35. The zero-order valence-electron chi connectivity index (χ0n) is 25.1. The van der Waals surface area contributed by atoms with E-state index < -0.39 is 0 Å². The number of benzene rings is 3. The van der Waals surface area contributed by atoms with E-state index >= 15 is 0 Å². The quantitative estimate of drug-likeness (QED) is 0.171. The van der Waals surface area contributed by atoms with Crippen molar-refractivity contribution in [3.63, 3.8) is 0 Å². The monoisotopic (exact) mass is 615 g/mol. The van der Waals surface area contributed by atoms with Crippen molar-refractivity contribution in [3.05, 3.63) is 150 Å². The molecule has 0 N–H and O–H groups in total. The second-order valence-corrected chi connectivity index (χ2v) is 10.6. The molecule has 0 aliphatic heterocycles. The molecule has 0 atom stereocenters. The van der Waals surface area contributed by atoms with Gasteiger partial charge in [0.2, 0.25) is 0 Å². The van der Waals surface area contributed by atoms with Crippen molar-refractivity contribution in [1.82, 2.24) is 29.9 Å². The Kier molecular flexibility index (Phi) is 7.88. The van der Waals surface area contributed by atoms with E-state index in [4.69, 9.17) is 21.5 Å². The van der Waals surface area contributed by atoms with E-state index in [1.807, 2.05) is 72.8 Å². The normalized spacial score (nSPS) is 10.4. The molecule has 0 unspecified atom stereocenters. The molecule has 9 nitrogen and oxygen atoms in total. The maximum atomic E-state index is 9.42. The first-order valence-electron chi connectivity index (χ1n) is 14.7. The summed E-state index contributed by atoms with van der Waals surface area (Å²) < 4.78 is 0. The summed E-state index contributed by atoms with van der Waals surface area (Å²) >= 11 is 0. The number of hydrogen-bond donors (Lipinski definition) is 0. The second kappa shape index (κ2) is 12.9. The van der Waals surface area contributed by atoms with Gasteiger partial charge in [0.1, 0.15) is 0 Å². The van der Waals surface area contributed by atoms with Gasteiger partial charge in [0.05, 0.1) is 46.9 Å². The summed E-state index contributed by atoms with van der Waals surface area (Å²) in [7, 11) is 0. The van der Waals surface area contributed by atoms with Crippen LogP contribution >= 0.6 is 0 Å². The van der Waals surface area contributed by atoms with E-state index in [-0.39, 0.29) is 0 Å². The van der Waals surface area contributed by atoms with Crippen LogP contribution in [0.15, 0.2) is 128 Å². The van der Waals surface area contributed by atoms with Crippen molar-refractivity contribution in [2.75, 3.05) is 0 Å². The lowest BCUT2D eigenvalue weighted by molar-refractivity contribution is 1.07. The molecule has 0 saturated heterocycles. The molecule has 9 heteroatoms. The Morgan fingerprint density at radius 2 is 0.833 bits per heavy atom. The largest absolute Gasteiger partial charge is 0.259 e. The summed E-state index contributed by atoms with van der Waals surface area (Å²) in [6.07, 6.45) is 4.85. The van der Waals surface area contributed by atoms with Crippen molar-refractivity contribution >= 4 is 5.69 Å². The van der Waals surface area contributed by atoms with Crippen LogP contribution in [-0.4, -0.2) is 29.9 Å². The minimum absolute atomic E-state index is 0.446. The van der Waals surface area contributed by atoms with Gasteiger partial charge in [-0.05, 0) is 60.2 Å². The lowest BCUT2D eigenvalue weighted by Gasteiger charge is -2.11. The van der Waals surface area contributed by atoms with Gasteiger partial charge in [-0.2, -0.15) is 10.5 Å². The number of rotatable bonds is 6. The zero-order valence-corrected chi connectivity index (χ0v) is 25.1. The van der Waals surface area contributed by atoms with E-state index in [1.165, 1.54) is 0 Å². The highest BCUT2D eigenvalue weighted by Crippen LogP contribution is 2.31. The molecule has 4 aromatic heterocycles. The van der Waals surface area contributed by atoms with E-state index in [9.17, 15) is 10.5 Å². The van der Waals surface area contributed by atoms with E-state index in [0.717, 1.165) is 33.4 Å². The molecule has 0 amide bonds. The Morgan fingerprint density at radius 3 is 1.23 bits per heavy atom. The first-order chi connectivity index (χ1) is 23.6. The summed E-state index contributed by atoms with van der Waals surface area (Å²) in [5, 5.41) is 18.8. The van der Waals surface area contributed by atoms with Gasteiger partial charge >= 0.3 is 0 Å². The summed E-state index contributed by atoms with van der Waals surface area (Å²) in [4.78, 5) is 31.7. The first kappa shape index (κ1) is 29.3. The van der Waals surface area contributed by atoms with Crippen LogP contribution in [0.4, 0.5) is 5.69 Å². The van der Waals surface area contributed by atoms with Crippen molar-refractivity contribution in [2.45, 2.75) is 0 Å².